The van der Waals surface area contributed by atoms with Crippen molar-refractivity contribution in [2.24, 2.45) is 5.92 Å². The lowest BCUT2D eigenvalue weighted by Crippen LogP contribution is -2.40. The first-order valence-corrected chi connectivity index (χ1v) is 9.80. The molecule has 30 heavy (non-hydrogen) atoms. The molecular formula is C23H20N4O3. The van der Waals surface area contributed by atoms with Crippen LogP contribution in [0.1, 0.15) is 24.6 Å². The van der Waals surface area contributed by atoms with Crippen molar-refractivity contribution < 1.29 is 9.90 Å². The summed E-state index contributed by atoms with van der Waals surface area (Å²) < 4.78 is 0. The van der Waals surface area contributed by atoms with Gasteiger partial charge in [0.25, 0.3) is 11.5 Å². The summed E-state index contributed by atoms with van der Waals surface area (Å²) in [5.41, 5.74) is 1.27. The van der Waals surface area contributed by atoms with Gasteiger partial charge >= 0.3 is 0 Å². The number of anilines is 1. The fourth-order valence-electron chi connectivity index (χ4n) is 4.32. The Kier molecular flexibility index (Phi) is 4.15. The number of benzene rings is 1. The van der Waals surface area contributed by atoms with Gasteiger partial charge in [-0.15, -0.1) is 0 Å². The van der Waals surface area contributed by atoms with E-state index in [4.69, 9.17) is 0 Å². The van der Waals surface area contributed by atoms with Gasteiger partial charge in [-0.3, -0.25) is 19.5 Å². The van der Waals surface area contributed by atoms with E-state index >= 15 is 0 Å². The minimum Gasteiger partial charge on any atom is -0.380 e. The Morgan fingerprint density at radius 1 is 1.23 bits per heavy atom. The zero-order chi connectivity index (χ0) is 20.9. The molecule has 2 N–H and O–H groups in total. The minimum atomic E-state index is -1.46. The second-order valence-electron chi connectivity index (χ2n) is 7.87. The number of aliphatic hydroxyl groups is 1. The van der Waals surface area contributed by atoms with Crippen LogP contribution in [0.25, 0.3) is 10.8 Å². The molecule has 3 heterocycles. The standard InChI is InChI=1S/C23H20N4O3/c1-23(30)18-8-4-5-9-20(18)27(22(23)29)15-10-14(12-24-13-15)11-19-16-6-2-3-7-17(16)21(28)26-25-19/h2-7,9-10,12-13,18,30H,8,11H2,1H3,(H,26,28)/t18?,23-/m0/s1. The van der Waals surface area contributed by atoms with Crippen molar-refractivity contribution in [2.45, 2.75) is 25.4 Å². The van der Waals surface area contributed by atoms with Gasteiger partial charge in [0.2, 0.25) is 0 Å². The number of amides is 1. The number of carbonyl (C=O) groups is 1. The van der Waals surface area contributed by atoms with Gasteiger partial charge in [0.15, 0.2) is 0 Å². The SMILES string of the molecule is C[C@@]1(O)C(=O)N(c2cncc(Cc3n[nH]c(=O)c4ccccc34)c2)C2=CC=CCC21. The Labute approximate surface area is 172 Å². The van der Waals surface area contributed by atoms with Crippen molar-refractivity contribution in [1.29, 1.82) is 0 Å². The van der Waals surface area contributed by atoms with E-state index in [-0.39, 0.29) is 17.4 Å². The fraction of sp³-hybridized carbons (Fsp3) is 0.217. The number of aromatic amines is 1. The molecule has 1 unspecified atom stereocenters. The van der Waals surface area contributed by atoms with Gasteiger partial charge in [0.1, 0.15) is 5.60 Å². The normalized spacial score (nSPS) is 23.0. The van der Waals surface area contributed by atoms with E-state index in [2.05, 4.69) is 15.2 Å². The molecule has 1 fully saturated rings. The van der Waals surface area contributed by atoms with Crippen LogP contribution in [0.15, 0.2) is 71.4 Å². The zero-order valence-corrected chi connectivity index (χ0v) is 16.4. The molecule has 7 nitrogen and oxygen atoms in total. The third kappa shape index (κ3) is 2.78. The maximum atomic E-state index is 13.0. The van der Waals surface area contributed by atoms with Crippen LogP contribution in [-0.4, -0.2) is 31.8 Å². The summed E-state index contributed by atoms with van der Waals surface area (Å²) in [6, 6.07) is 9.20. The average molecular weight is 400 g/mol. The molecule has 0 bridgehead atoms. The molecule has 150 valence electrons. The Balaban J connectivity index is 1.54. The Morgan fingerprint density at radius 3 is 2.87 bits per heavy atom. The molecule has 0 radical (unpaired) electrons. The van der Waals surface area contributed by atoms with Crippen molar-refractivity contribution in [3.8, 4) is 0 Å². The highest BCUT2D eigenvalue weighted by atomic mass is 16.3. The molecule has 1 aromatic carbocycles. The smallest absolute Gasteiger partial charge is 0.272 e. The molecule has 2 atom stereocenters. The summed E-state index contributed by atoms with van der Waals surface area (Å²) in [4.78, 5) is 30.9. The third-order valence-corrected chi connectivity index (χ3v) is 5.89. The molecule has 2 aliphatic rings. The quantitative estimate of drug-likeness (QED) is 0.704. The van der Waals surface area contributed by atoms with Gasteiger partial charge in [0.05, 0.1) is 23.0 Å². The maximum Gasteiger partial charge on any atom is 0.272 e. The van der Waals surface area contributed by atoms with Crippen molar-refractivity contribution in [3.05, 3.63) is 88.3 Å². The van der Waals surface area contributed by atoms with Crippen LogP contribution in [-0.2, 0) is 11.2 Å². The molecule has 0 spiro atoms. The lowest BCUT2D eigenvalue weighted by Gasteiger charge is -2.22. The number of carbonyl (C=O) groups excluding carboxylic acids is 1. The van der Waals surface area contributed by atoms with Crippen LogP contribution in [0.5, 0.6) is 0 Å². The van der Waals surface area contributed by atoms with Crippen LogP contribution in [0.2, 0.25) is 0 Å². The van der Waals surface area contributed by atoms with Gasteiger partial charge in [0, 0.05) is 29.6 Å². The van der Waals surface area contributed by atoms with E-state index < -0.39 is 5.60 Å². The molecule has 1 aliphatic carbocycles. The van der Waals surface area contributed by atoms with Crippen molar-refractivity contribution in [1.82, 2.24) is 15.2 Å². The second kappa shape index (κ2) is 6.74. The van der Waals surface area contributed by atoms with Crippen LogP contribution in [0, 0.1) is 5.92 Å². The number of hydrogen-bond acceptors (Lipinski definition) is 5. The molecule has 3 aromatic rings. The van der Waals surface area contributed by atoms with Gasteiger partial charge in [-0.25, -0.2) is 5.10 Å². The summed E-state index contributed by atoms with van der Waals surface area (Å²) in [6.07, 6.45) is 10.1. The highest BCUT2D eigenvalue weighted by Crippen LogP contribution is 2.43. The number of nitrogens with one attached hydrogen (secondary N) is 1. The van der Waals surface area contributed by atoms with Crippen molar-refractivity contribution in [3.63, 3.8) is 0 Å². The van der Waals surface area contributed by atoms with E-state index in [1.165, 1.54) is 0 Å². The molecule has 2 aromatic heterocycles. The topological polar surface area (TPSA) is 99.2 Å². The summed E-state index contributed by atoms with van der Waals surface area (Å²) in [6.45, 7) is 1.57. The number of hydrogen-bond donors (Lipinski definition) is 2. The highest BCUT2D eigenvalue weighted by Gasteiger charge is 2.53. The number of rotatable bonds is 3. The predicted molar refractivity (Wildman–Crippen MR) is 113 cm³/mol. The Morgan fingerprint density at radius 2 is 2.03 bits per heavy atom. The summed E-state index contributed by atoms with van der Waals surface area (Å²) >= 11 is 0. The van der Waals surface area contributed by atoms with Gasteiger partial charge in [-0.2, -0.15) is 5.10 Å². The lowest BCUT2D eigenvalue weighted by molar-refractivity contribution is -0.134. The van der Waals surface area contributed by atoms with Crippen LogP contribution in [0.4, 0.5) is 5.69 Å². The number of allylic oxidation sites excluding steroid dienone is 3. The van der Waals surface area contributed by atoms with E-state index in [9.17, 15) is 14.7 Å². The average Bonchev–Trinajstić information content (AvgIpc) is 2.96. The Hall–Kier alpha value is -3.58. The second-order valence-corrected chi connectivity index (χ2v) is 7.87. The number of fused-ring (bicyclic) bond motifs is 2. The number of H-pyrrole nitrogens is 1. The number of pyridine rings is 1. The Bertz CT molecular complexity index is 1290. The van der Waals surface area contributed by atoms with Crippen molar-refractivity contribution >= 4 is 22.4 Å². The molecule has 7 heteroatoms. The van der Waals surface area contributed by atoms with Crippen LogP contribution >= 0.6 is 0 Å². The fourth-order valence-corrected chi connectivity index (χ4v) is 4.32. The summed E-state index contributed by atoms with van der Waals surface area (Å²) in [5, 5.41) is 18.9. The maximum absolute atomic E-state index is 13.0. The molecule has 1 amide bonds. The molecular weight excluding hydrogens is 380 g/mol. The van der Waals surface area contributed by atoms with Crippen LogP contribution < -0.4 is 10.5 Å². The summed E-state index contributed by atoms with van der Waals surface area (Å²) in [7, 11) is 0. The lowest BCUT2D eigenvalue weighted by atomic mass is 9.85. The number of nitrogens with zero attached hydrogens (tertiary/aromatic N) is 3. The van der Waals surface area contributed by atoms with Gasteiger partial charge < -0.3 is 5.11 Å². The first kappa shape index (κ1) is 18.4. The predicted octanol–water partition coefficient (Wildman–Crippen LogP) is 2.47. The van der Waals surface area contributed by atoms with E-state index in [1.54, 1.807) is 30.3 Å². The van der Waals surface area contributed by atoms with E-state index in [0.29, 0.717) is 23.9 Å². The molecule has 1 aliphatic heterocycles. The molecule has 5 rings (SSSR count). The largest absolute Gasteiger partial charge is 0.380 e. The van der Waals surface area contributed by atoms with E-state index in [1.807, 2.05) is 42.5 Å². The first-order valence-electron chi connectivity index (χ1n) is 9.80. The molecule has 0 saturated carbocycles. The van der Waals surface area contributed by atoms with Gasteiger partial charge in [-0.05, 0) is 37.1 Å². The minimum absolute atomic E-state index is 0.227. The van der Waals surface area contributed by atoms with Crippen LogP contribution in [0.3, 0.4) is 0 Å². The summed E-state index contributed by atoms with van der Waals surface area (Å²) in [5.74, 6) is -0.627. The van der Waals surface area contributed by atoms with E-state index in [0.717, 1.165) is 22.3 Å². The third-order valence-electron chi connectivity index (χ3n) is 5.89. The first-order chi connectivity index (χ1) is 14.5. The van der Waals surface area contributed by atoms with Gasteiger partial charge in [-0.1, -0.05) is 30.4 Å². The monoisotopic (exact) mass is 400 g/mol. The zero-order valence-electron chi connectivity index (χ0n) is 16.4. The number of aromatic nitrogens is 3. The van der Waals surface area contributed by atoms with Crippen molar-refractivity contribution in [2.75, 3.05) is 4.90 Å². The highest BCUT2D eigenvalue weighted by molar-refractivity contribution is 6.06. The molecule has 1 saturated heterocycles.